The molecule has 1 N–H and O–H groups in total. The average molecular weight is 229 g/mol. The molecule has 5 nitrogen and oxygen atoms in total. The zero-order valence-electron chi connectivity index (χ0n) is 8.34. The molecule has 0 aliphatic heterocycles. The molecule has 0 aromatic heterocycles. The van der Waals surface area contributed by atoms with E-state index >= 15 is 0 Å². The van der Waals surface area contributed by atoms with Gasteiger partial charge in [0.25, 0.3) is 0 Å². The molecule has 82 valence electrons. The van der Waals surface area contributed by atoms with Gasteiger partial charge in [-0.3, -0.25) is 4.31 Å². The van der Waals surface area contributed by atoms with Gasteiger partial charge in [-0.25, -0.2) is 13.2 Å². The van der Waals surface area contributed by atoms with E-state index in [2.05, 4.69) is 0 Å². The van der Waals surface area contributed by atoms with Gasteiger partial charge in [-0.1, -0.05) is 0 Å². The maximum Gasteiger partial charge on any atom is 0.335 e. The lowest BCUT2D eigenvalue weighted by Crippen LogP contribution is -2.24. The summed E-state index contributed by atoms with van der Waals surface area (Å²) in [6, 6.07) is 5.62. The summed E-state index contributed by atoms with van der Waals surface area (Å²) in [5.41, 5.74) is 0.558. The van der Waals surface area contributed by atoms with Gasteiger partial charge in [0.1, 0.15) is 0 Å². The van der Waals surface area contributed by atoms with Gasteiger partial charge in [0, 0.05) is 7.05 Å². The third-order valence-corrected chi connectivity index (χ3v) is 3.18. The summed E-state index contributed by atoms with van der Waals surface area (Å²) in [7, 11) is -1.90. The SMILES string of the molecule is CN(c1ccc(C(=O)O)cc1)S(C)(=O)=O. The number of sulfonamides is 1. The highest BCUT2D eigenvalue weighted by Crippen LogP contribution is 2.16. The van der Waals surface area contributed by atoms with Crippen molar-refractivity contribution in [2.45, 2.75) is 0 Å². The Hall–Kier alpha value is -1.56. The minimum Gasteiger partial charge on any atom is -0.478 e. The lowest BCUT2D eigenvalue weighted by atomic mass is 10.2. The fourth-order valence-electron chi connectivity index (χ4n) is 1.01. The third-order valence-electron chi connectivity index (χ3n) is 1.98. The van der Waals surface area contributed by atoms with Crippen LogP contribution < -0.4 is 4.31 Å². The molecule has 1 aromatic rings. The van der Waals surface area contributed by atoms with Crippen molar-refractivity contribution in [3.63, 3.8) is 0 Å². The van der Waals surface area contributed by atoms with Crippen LogP contribution in [-0.2, 0) is 10.0 Å². The van der Waals surface area contributed by atoms with Crippen LogP contribution in [-0.4, -0.2) is 32.8 Å². The van der Waals surface area contributed by atoms with E-state index in [-0.39, 0.29) is 5.56 Å². The van der Waals surface area contributed by atoms with Crippen LogP contribution >= 0.6 is 0 Å². The Morgan fingerprint density at radius 2 is 1.73 bits per heavy atom. The van der Waals surface area contributed by atoms with Crippen LogP contribution in [0.3, 0.4) is 0 Å². The summed E-state index contributed by atoms with van der Waals surface area (Å²) in [6.07, 6.45) is 1.08. The highest BCUT2D eigenvalue weighted by Gasteiger charge is 2.12. The molecule has 0 aliphatic rings. The Morgan fingerprint density at radius 1 is 1.27 bits per heavy atom. The molecular formula is C9H11NO4S. The van der Waals surface area contributed by atoms with Crippen molar-refractivity contribution in [1.29, 1.82) is 0 Å². The van der Waals surface area contributed by atoms with Gasteiger partial charge in [0.05, 0.1) is 17.5 Å². The second-order valence-corrected chi connectivity index (χ2v) is 5.10. The molecule has 15 heavy (non-hydrogen) atoms. The molecule has 0 amide bonds. The molecule has 1 aromatic carbocycles. The number of carboxylic acid groups (broad SMARTS) is 1. The Kier molecular flexibility index (Phi) is 2.99. The summed E-state index contributed by atoms with van der Waals surface area (Å²) in [5, 5.41) is 8.64. The molecule has 0 heterocycles. The van der Waals surface area contributed by atoms with Crippen molar-refractivity contribution in [3.8, 4) is 0 Å². The van der Waals surface area contributed by atoms with Gasteiger partial charge in [0.2, 0.25) is 10.0 Å². The van der Waals surface area contributed by atoms with Crippen molar-refractivity contribution < 1.29 is 18.3 Å². The van der Waals surface area contributed by atoms with Crippen molar-refractivity contribution in [3.05, 3.63) is 29.8 Å². The second kappa shape index (κ2) is 3.90. The molecule has 0 spiro atoms. The Labute approximate surface area is 88.0 Å². The molecule has 0 aliphatic carbocycles. The van der Waals surface area contributed by atoms with Gasteiger partial charge >= 0.3 is 5.97 Å². The first-order chi connectivity index (χ1) is 6.82. The molecule has 0 radical (unpaired) electrons. The monoisotopic (exact) mass is 229 g/mol. The molecule has 0 unspecified atom stereocenters. The number of carboxylic acids is 1. The first-order valence-corrected chi connectivity index (χ1v) is 5.94. The molecule has 0 saturated heterocycles. The van der Waals surface area contributed by atoms with Gasteiger partial charge < -0.3 is 5.11 Å². The van der Waals surface area contributed by atoms with E-state index in [4.69, 9.17) is 5.11 Å². The number of benzene rings is 1. The van der Waals surface area contributed by atoms with Crippen molar-refractivity contribution in [1.82, 2.24) is 0 Å². The largest absolute Gasteiger partial charge is 0.478 e. The van der Waals surface area contributed by atoms with Crippen molar-refractivity contribution >= 4 is 21.7 Å². The van der Waals surface area contributed by atoms with Crippen molar-refractivity contribution in [2.24, 2.45) is 0 Å². The lowest BCUT2D eigenvalue weighted by Gasteiger charge is -2.16. The lowest BCUT2D eigenvalue weighted by molar-refractivity contribution is 0.0697. The molecule has 0 saturated carbocycles. The number of hydrogen-bond donors (Lipinski definition) is 1. The maximum absolute atomic E-state index is 11.2. The fraction of sp³-hybridized carbons (Fsp3) is 0.222. The third kappa shape index (κ3) is 2.69. The Morgan fingerprint density at radius 3 is 2.07 bits per heavy atom. The van der Waals surface area contributed by atoms with Gasteiger partial charge in [0.15, 0.2) is 0 Å². The normalized spacial score (nSPS) is 11.1. The van der Waals surface area contributed by atoms with Crippen LogP contribution in [0.4, 0.5) is 5.69 Å². The molecule has 6 heteroatoms. The van der Waals surface area contributed by atoms with E-state index in [1.54, 1.807) is 0 Å². The molecular weight excluding hydrogens is 218 g/mol. The standard InChI is InChI=1S/C9H11NO4S/c1-10(15(2,13)14)8-5-3-7(4-6-8)9(11)12/h3-6H,1-2H3,(H,11,12). The highest BCUT2D eigenvalue weighted by atomic mass is 32.2. The average Bonchev–Trinajstić information content (AvgIpc) is 2.15. The number of rotatable bonds is 3. The Bertz CT molecular complexity index is 463. The van der Waals surface area contributed by atoms with Crippen LogP contribution in [0.15, 0.2) is 24.3 Å². The first-order valence-electron chi connectivity index (χ1n) is 4.09. The smallest absolute Gasteiger partial charge is 0.335 e. The van der Waals surface area contributed by atoms with Crippen LogP contribution in [0.1, 0.15) is 10.4 Å². The number of anilines is 1. The minimum atomic E-state index is -3.30. The van der Waals surface area contributed by atoms with E-state index in [9.17, 15) is 13.2 Å². The minimum absolute atomic E-state index is 0.126. The Balaban J connectivity index is 3.05. The van der Waals surface area contributed by atoms with E-state index in [1.165, 1.54) is 31.3 Å². The zero-order chi connectivity index (χ0) is 11.6. The van der Waals surface area contributed by atoms with Crippen LogP contribution in [0.2, 0.25) is 0 Å². The maximum atomic E-state index is 11.2. The zero-order valence-corrected chi connectivity index (χ0v) is 9.15. The fourth-order valence-corrected chi connectivity index (χ4v) is 1.51. The van der Waals surface area contributed by atoms with E-state index < -0.39 is 16.0 Å². The predicted octanol–water partition coefficient (Wildman–Crippen LogP) is 0.781. The number of carbonyl (C=O) groups is 1. The van der Waals surface area contributed by atoms with E-state index in [0.29, 0.717) is 5.69 Å². The molecule has 0 fully saturated rings. The summed E-state index contributed by atoms with van der Waals surface area (Å²) >= 11 is 0. The quantitative estimate of drug-likeness (QED) is 0.831. The van der Waals surface area contributed by atoms with E-state index in [1.807, 2.05) is 0 Å². The van der Waals surface area contributed by atoms with E-state index in [0.717, 1.165) is 10.6 Å². The van der Waals surface area contributed by atoms with Crippen LogP contribution in [0.5, 0.6) is 0 Å². The van der Waals surface area contributed by atoms with Gasteiger partial charge in [-0.05, 0) is 24.3 Å². The number of aromatic carboxylic acids is 1. The van der Waals surface area contributed by atoms with Gasteiger partial charge in [-0.15, -0.1) is 0 Å². The van der Waals surface area contributed by atoms with Crippen LogP contribution in [0, 0.1) is 0 Å². The van der Waals surface area contributed by atoms with Crippen molar-refractivity contribution in [2.75, 3.05) is 17.6 Å². The second-order valence-electron chi connectivity index (χ2n) is 3.08. The first kappa shape index (κ1) is 11.5. The molecule has 1 rings (SSSR count). The topological polar surface area (TPSA) is 74.7 Å². The summed E-state index contributed by atoms with van der Waals surface area (Å²) in [4.78, 5) is 10.5. The summed E-state index contributed by atoms with van der Waals surface area (Å²) < 4.78 is 23.4. The number of nitrogens with zero attached hydrogens (tertiary/aromatic N) is 1. The highest BCUT2D eigenvalue weighted by molar-refractivity contribution is 7.92. The van der Waals surface area contributed by atoms with Crippen LogP contribution in [0.25, 0.3) is 0 Å². The predicted molar refractivity (Wildman–Crippen MR) is 56.6 cm³/mol. The number of hydrogen-bond acceptors (Lipinski definition) is 3. The molecule has 0 atom stereocenters. The van der Waals surface area contributed by atoms with Gasteiger partial charge in [-0.2, -0.15) is 0 Å². The summed E-state index contributed by atoms with van der Waals surface area (Å²) in [6.45, 7) is 0. The summed E-state index contributed by atoms with van der Waals surface area (Å²) in [5.74, 6) is -1.04. The molecule has 0 bridgehead atoms.